The molecule has 1 saturated carbocycles. The summed E-state index contributed by atoms with van der Waals surface area (Å²) in [5.74, 6) is -1.66. The molecule has 3 nitrogen and oxygen atoms in total. The van der Waals surface area contributed by atoms with E-state index in [4.69, 9.17) is 0 Å². The highest BCUT2D eigenvalue weighted by atomic mass is 19.4. The molecular formula is C19H25F3N2O. The molecule has 138 valence electrons. The number of halogens is 3. The molecule has 1 heterocycles. The van der Waals surface area contributed by atoms with E-state index in [1.54, 1.807) is 0 Å². The minimum atomic E-state index is -4.18. The minimum Gasteiger partial charge on any atom is -0.371 e. The van der Waals surface area contributed by atoms with Crippen molar-refractivity contribution in [3.8, 4) is 0 Å². The third-order valence-corrected chi connectivity index (χ3v) is 5.48. The maximum Gasteiger partial charge on any atom is 0.391 e. The molecule has 0 radical (unpaired) electrons. The van der Waals surface area contributed by atoms with Crippen LogP contribution in [-0.2, 0) is 4.79 Å². The number of rotatable bonds is 4. The number of anilines is 1. The fourth-order valence-electron chi connectivity index (χ4n) is 3.99. The zero-order valence-electron chi connectivity index (χ0n) is 14.3. The summed E-state index contributed by atoms with van der Waals surface area (Å²) < 4.78 is 38.6. The van der Waals surface area contributed by atoms with Gasteiger partial charge in [-0.05, 0) is 43.7 Å². The minimum absolute atomic E-state index is 0.0594. The maximum absolute atomic E-state index is 12.9. The molecule has 1 aliphatic carbocycles. The van der Waals surface area contributed by atoms with Crippen molar-refractivity contribution in [3.63, 3.8) is 0 Å². The zero-order valence-corrected chi connectivity index (χ0v) is 14.3. The summed E-state index contributed by atoms with van der Waals surface area (Å²) in [5, 5.41) is 2.91. The predicted molar refractivity (Wildman–Crippen MR) is 91.3 cm³/mol. The van der Waals surface area contributed by atoms with Crippen molar-refractivity contribution < 1.29 is 18.0 Å². The molecule has 3 atom stereocenters. The number of amides is 1. The highest BCUT2D eigenvalue weighted by Gasteiger charge is 2.43. The number of alkyl halides is 3. The van der Waals surface area contributed by atoms with Crippen molar-refractivity contribution in [3.05, 3.63) is 30.3 Å². The lowest BCUT2D eigenvalue weighted by Crippen LogP contribution is -2.39. The second kappa shape index (κ2) is 7.67. The van der Waals surface area contributed by atoms with Gasteiger partial charge in [0.15, 0.2) is 0 Å². The molecule has 0 unspecified atom stereocenters. The maximum atomic E-state index is 12.9. The quantitative estimate of drug-likeness (QED) is 0.886. The van der Waals surface area contributed by atoms with Gasteiger partial charge in [0.2, 0.25) is 5.91 Å². The van der Waals surface area contributed by atoms with Crippen LogP contribution in [-0.4, -0.2) is 31.7 Å². The van der Waals surface area contributed by atoms with Gasteiger partial charge in [0, 0.05) is 31.2 Å². The van der Waals surface area contributed by atoms with Crippen molar-refractivity contribution in [2.75, 3.05) is 24.5 Å². The molecule has 0 aromatic heterocycles. The molecule has 1 N–H and O–H groups in total. The van der Waals surface area contributed by atoms with Crippen LogP contribution in [0, 0.1) is 17.8 Å². The number of carbonyl (C=O) groups excluding carboxylic acids is 1. The van der Waals surface area contributed by atoms with Crippen LogP contribution in [0.3, 0.4) is 0 Å². The first kappa shape index (κ1) is 18.1. The van der Waals surface area contributed by atoms with Crippen molar-refractivity contribution >= 4 is 11.6 Å². The molecule has 1 amide bonds. The Morgan fingerprint density at radius 2 is 1.92 bits per heavy atom. The number of nitrogens with zero attached hydrogens (tertiary/aromatic N) is 1. The van der Waals surface area contributed by atoms with Crippen molar-refractivity contribution in [2.24, 2.45) is 17.8 Å². The molecule has 6 heteroatoms. The lowest BCUT2D eigenvalue weighted by Gasteiger charge is -2.30. The monoisotopic (exact) mass is 354 g/mol. The average Bonchev–Trinajstić information content (AvgIpc) is 3.09. The van der Waals surface area contributed by atoms with Gasteiger partial charge in [-0.3, -0.25) is 4.79 Å². The van der Waals surface area contributed by atoms with Gasteiger partial charge >= 0.3 is 6.18 Å². The van der Waals surface area contributed by atoms with Crippen molar-refractivity contribution in [1.82, 2.24) is 5.32 Å². The Hall–Kier alpha value is -1.72. The summed E-state index contributed by atoms with van der Waals surface area (Å²) in [4.78, 5) is 14.6. The van der Waals surface area contributed by atoms with E-state index in [9.17, 15) is 18.0 Å². The van der Waals surface area contributed by atoms with Gasteiger partial charge in [-0.15, -0.1) is 0 Å². The number of hydrogen-bond acceptors (Lipinski definition) is 2. The Kier molecular flexibility index (Phi) is 5.54. The smallest absolute Gasteiger partial charge is 0.371 e. The SMILES string of the molecule is O=C(NC[C@@H]1CCN(c2ccccc2)C1)[C@H]1CCC[C@@H](C(F)(F)F)C1. The molecular weight excluding hydrogens is 329 g/mol. The third kappa shape index (κ3) is 4.67. The van der Waals surface area contributed by atoms with E-state index in [1.165, 1.54) is 5.69 Å². The Morgan fingerprint density at radius 3 is 2.64 bits per heavy atom. The molecule has 1 aromatic carbocycles. The Balaban J connectivity index is 1.45. The lowest BCUT2D eigenvalue weighted by atomic mass is 9.80. The molecule has 3 rings (SSSR count). The number of para-hydroxylation sites is 1. The lowest BCUT2D eigenvalue weighted by molar-refractivity contribution is -0.186. The molecule has 25 heavy (non-hydrogen) atoms. The van der Waals surface area contributed by atoms with E-state index in [-0.39, 0.29) is 18.7 Å². The number of nitrogens with one attached hydrogen (secondary N) is 1. The van der Waals surface area contributed by atoms with Crippen LogP contribution in [0.2, 0.25) is 0 Å². The third-order valence-electron chi connectivity index (χ3n) is 5.48. The molecule has 0 bridgehead atoms. The van der Waals surface area contributed by atoms with Gasteiger partial charge < -0.3 is 10.2 Å². The molecule has 2 aliphatic rings. The topological polar surface area (TPSA) is 32.3 Å². The first-order chi connectivity index (χ1) is 11.9. The first-order valence-electron chi connectivity index (χ1n) is 9.08. The van der Waals surface area contributed by atoms with E-state index in [2.05, 4.69) is 22.3 Å². The number of hydrogen-bond donors (Lipinski definition) is 1. The van der Waals surface area contributed by atoms with Crippen LogP contribution < -0.4 is 10.2 Å². The summed E-state index contributed by atoms with van der Waals surface area (Å²) in [7, 11) is 0. The fourth-order valence-corrected chi connectivity index (χ4v) is 3.99. The highest BCUT2D eigenvalue weighted by Crippen LogP contribution is 2.40. The first-order valence-corrected chi connectivity index (χ1v) is 9.08. The number of carbonyl (C=O) groups is 1. The largest absolute Gasteiger partial charge is 0.391 e. The van der Waals surface area contributed by atoms with Gasteiger partial charge in [0.1, 0.15) is 0 Å². The molecule has 1 saturated heterocycles. The second-order valence-electron chi connectivity index (χ2n) is 7.28. The standard InChI is InChI=1S/C19H25F3N2O/c20-19(21,22)16-6-4-5-15(11-16)18(25)23-12-14-9-10-24(13-14)17-7-2-1-3-8-17/h1-3,7-8,14-16H,4-6,9-13H2,(H,23,25)/t14-,15-,16+/m0/s1. The molecule has 0 spiro atoms. The normalized spacial score (nSPS) is 27.3. The Bertz CT molecular complexity index is 576. The number of benzene rings is 1. The Morgan fingerprint density at radius 1 is 1.16 bits per heavy atom. The van der Waals surface area contributed by atoms with Crippen LogP contribution in [0.25, 0.3) is 0 Å². The van der Waals surface area contributed by atoms with E-state index in [0.717, 1.165) is 19.5 Å². The fraction of sp³-hybridized carbons (Fsp3) is 0.632. The van der Waals surface area contributed by atoms with E-state index in [0.29, 0.717) is 25.3 Å². The molecule has 1 aromatic rings. The van der Waals surface area contributed by atoms with E-state index in [1.807, 2.05) is 18.2 Å². The van der Waals surface area contributed by atoms with Crippen LogP contribution in [0.1, 0.15) is 32.1 Å². The molecule has 2 fully saturated rings. The van der Waals surface area contributed by atoms with Crippen molar-refractivity contribution in [1.29, 1.82) is 0 Å². The summed E-state index contributed by atoms with van der Waals surface area (Å²) in [5.41, 5.74) is 1.18. The summed E-state index contributed by atoms with van der Waals surface area (Å²) in [6.07, 6.45) is -2.05. The highest BCUT2D eigenvalue weighted by molar-refractivity contribution is 5.78. The van der Waals surface area contributed by atoms with Gasteiger partial charge in [0.05, 0.1) is 5.92 Å². The second-order valence-corrected chi connectivity index (χ2v) is 7.28. The van der Waals surface area contributed by atoms with Crippen LogP contribution >= 0.6 is 0 Å². The Labute approximate surface area is 146 Å². The van der Waals surface area contributed by atoms with Crippen LogP contribution in [0.4, 0.5) is 18.9 Å². The van der Waals surface area contributed by atoms with Gasteiger partial charge in [0.25, 0.3) is 0 Å². The van der Waals surface area contributed by atoms with Crippen molar-refractivity contribution in [2.45, 2.75) is 38.3 Å². The van der Waals surface area contributed by atoms with Gasteiger partial charge in [-0.1, -0.05) is 24.6 Å². The van der Waals surface area contributed by atoms with Crippen LogP contribution in [0.5, 0.6) is 0 Å². The summed E-state index contributed by atoms with van der Waals surface area (Å²) >= 11 is 0. The van der Waals surface area contributed by atoms with E-state index < -0.39 is 18.0 Å². The van der Waals surface area contributed by atoms with Gasteiger partial charge in [-0.2, -0.15) is 13.2 Å². The average molecular weight is 354 g/mol. The van der Waals surface area contributed by atoms with E-state index >= 15 is 0 Å². The van der Waals surface area contributed by atoms with Crippen LogP contribution in [0.15, 0.2) is 30.3 Å². The summed E-state index contributed by atoms with van der Waals surface area (Å²) in [6, 6.07) is 10.1. The predicted octanol–water partition coefficient (Wildman–Crippen LogP) is 4.00. The molecule has 1 aliphatic heterocycles. The van der Waals surface area contributed by atoms with Gasteiger partial charge in [-0.25, -0.2) is 0 Å². The summed E-state index contributed by atoms with van der Waals surface area (Å²) in [6.45, 7) is 2.37. The zero-order chi connectivity index (χ0) is 17.9.